The van der Waals surface area contributed by atoms with E-state index in [1.165, 1.54) is 0 Å². The van der Waals surface area contributed by atoms with Gasteiger partial charge in [-0.15, -0.1) is 0 Å². The van der Waals surface area contributed by atoms with E-state index >= 15 is 0 Å². The molecule has 0 saturated heterocycles. The van der Waals surface area contributed by atoms with Gasteiger partial charge in [0.25, 0.3) is 0 Å². The topological polar surface area (TPSA) is 48.0 Å². The Morgan fingerprint density at radius 3 is 2.54 bits per heavy atom. The van der Waals surface area contributed by atoms with Crippen molar-refractivity contribution in [3.63, 3.8) is 0 Å². The lowest BCUT2D eigenvalue weighted by atomic mass is 10.0. The molecule has 0 radical (unpaired) electrons. The van der Waals surface area contributed by atoms with Crippen LogP contribution in [0.4, 0.5) is 0 Å². The average molecular weight is 320 g/mol. The Labute approximate surface area is 141 Å². The second-order valence-electron chi connectivity index (χ2n) is 5.97. The summed E-state index contributed by atoms with van der Waals surface area (Å²) in [5, 5.41) is 4.07. The predicted octanol–water partition coefficient (Wildman–Crippen LogP) is 4.60. The van der Waals surface area contributed by atoms with E-state index in [2.05, 4.69) is 5.16 Å². The molecule has 0 fully saturated rings. The first-order valence-electron chi connectivity index (χ1n) is 7.88. The summed E-state index contributed by atoms with van der Waals surface area (Å²) in [6.45, 7) is 7.83. The van der Waals surface area contributed by atoms with Crippen LogP contribution in [0.2, 0.25) is 0 Å². The number of aryl methyl sites for hydroxylation is 3. The molecule has 24 heavy (non-hydrogen) atoms. The van der Waals surface area contributed by atoms with Gasteiger partial charge in [-0.3, -0.25) is 9.36 Å². The van der Waals surface area contributed by atoms with E-state index in [0.29, 0.717) is 0 Å². The Morgan fingerprint density at radius 2 is 1.88 bits per heavy atom. The molecule has 3 aromatic rings. The van der Waals surface area contributed by atoms with Crippen LogP contribution in [0.3, 0.4) is 0 Å². The van der Waals surface area contributed by atoms with Crippen LogP contribution in [0.25, 0.3) is 11.9 Å². The van der Waals surface area contributed by atoms with Gasteiger partial charge in [-0.25, -0.2) is 0 Å². The van der Waals surface area contributed by atoms with Gasteiger partial charge in [0.15, 0.2) is 11.6 Å². The van der Waals surface area contributed by atoms with Crippen LogP contribution in [-0.4, -0.2) is 15.5 Å². The van der Waals surface area contributed by atoms with Crippen LogP contribution in [0.15, 0.2) is 47.0 Å². The van der Waals surface area contributed by atoms with E-state index in [9.17, 15) is 4.79 Å². The number of hydrogen-bond donors (Lipinski definition) is 0. The summed E-state index contributed by atoms with van der Waals surface area (Å²) in [6, 6.07) is 11.5. The Kier molecular flexibility index (Phi) is 4.21. The van der Waals surface area contributed by atoms with Crippen molar-refractivity contribution in [2.45, 2.75) is 27.7 Å². The van der Waals surface area contributed by atoms with E-state index in [0.717, 1.165) is 39.7 Å². The van der Waals surface area contributed by atoms with E-state index in [-0.39, 0.29) is 5.78 Å². The summed E-state index contributed by atoms with van der Waals surface area (Å²) in [5.74, 6) is 1.53. The van der Waals surface area contributed by atoms with Crippen molar-refractivity contribution in [1.29, 1.82) is 0 Å². The molecule has 2 heterocycles. The van der Waals surface area contributed by atoms with Crippen LogP contribution < -0.4 is 0 Å². The molecule has 0 spiro atoms. The fourth-order valence-corrected chi connectivity index (χ4v) is 2.87. The lowest BCUT2D eigenvalue weighted by molar-refractivity contribution is 0.104. The number of carbonyl (C=O) groups excluding carboxylic acids is 1. The maximum absolute atomic E-state index is 12.4. The molecule has 0 saturated carbocycles. The van der Waals surface area contributed by atoms with Crippen molar-refractivity contribution in [2.75, 3.05) is 0 Å². The number of aromatic nitrogens is 2. The number of carbonyl (C=O) groups is 1. The number of allylic oxidation sites excluding steroid dienone is 1. The molecule has 4 nitrogen and oxygen atoms in total. The van der Waals surface area contributed by atoms with Gasteiger partial charge in [0, 0.05) is 23.0 Å². The molecule has 1 aromatic carbocycles. The summed E-state index contributed by atoms with van der Waals surface area (Å²) in [4.78, 5) is 12.4. The van der Waals surface area contributed by atoms with E-state index < -0.39 is 0 Å². The van der Waals surface area contributed by atoms with Crippen molar-refractivity contribution in [3.05, 3.63) is 76.3 Å². The summed E-state index contributed by atoms with van der Waals surface area (Å²) >= 11 is 0. The number of ketones is 1. The van der Waals surface area contributed by atoms with Crippen LogP contribution in [0.5, 0.6) is 0 Å². The minimum atomic E-state index is 0.00943. The first-order chi connectivity index (χ1) is 11.5. The van der Waals surface area contributed by atoms with E-state index in [1.807, 2.05) is 74.7 Å². The standard InChI is InChI=1S/C20H20N2O2/c1-13-7-5-6-8-18(13)19(23)10-9-17-11-14(2)22(16(17)4)20-12-15(3)24-21-20/h5-12H,1-4H3/b10-9+. The van der Waals surface area contributed by atoms with Gasteiger partial charge < -0.3 is 4.52 Å². The lowest BCUT2D eigenvalue weighted by Crippen LogP contribution is -1.99. The highest BCUT2D eigenvalue weighted by Crippen LogP contribution is 2.22. The zero-order valence-electron chi connectivity index (χ0n) is 14.3. The second-order valence-corrected chi connectivity index (χ2v) is 5.97. The van der Waals surface area contributed by atoms with E-state index in [1.54, 1.807) is 6.08 Å². The maximum atomic E-state index is 12.4. The molecule has 0 bridgehead atoms. The van der Waals surface area contributed by atoms with Gasteiger partial charge in [0.2, 0.25) is 0 Å². The van der Waals surface area contributed by atoms with E-state index in [4.69, 9.17) is 4.52 Å². The third kappa shape index (κ3) is 2.95. The first kappa shape index (κ1) is 16.0. The minimum Gasteiger partial charge on any atom is -0.360 e. The van der Waals surface area contributed by atoms with Crippen LogP contribution >= 0.6 is 0 Å². The smallest absolute Gasteiger partial charge is 0.186 e. The van der Waals surface area contributed by atoms with Gasteiger partial charge >= 0.3 is 0 Å². The highest BCUT2D eigenvalue weighted by atomic mass is 16.5. The molecule has 0 unspecified atom stereocenters. The normalized spacial score (nSPS) is 11.3. The van der Waals surface area contributed by atoms with Gasteiger partial charge in [-0.1, -0.05) is 29.4 Å². The third-order valence-electron chi connectivity index (χ3n) is 4.14. The summed E-state index contributed by atoms with van der Waals surface area (Å²) in [5.41, 5.74) is 4.78. The molecular formula is C20H20N2O2. The quantitative estimate of drug-likeness (QED) is 0.521. The Morgan fingerprint density at radius 1 is 1.12 bits per heavy atom. The molecular weight excluding hydrogens is 300 g/mol. The summed E-state index contributed by atoms with van der Waals surface area (Å²) in [6.07, 6.45) is 3.49. The van der Waals surface area contributed by atoms with Crippen molar-refractivity contribution in [3.8, 4) is 5.82 Å². The number of nitrogens with zero attached hydrogens (tertiary/aromatic N) is 2. The molecule has 0 N–H and O–H groups in total. The Bertz CT molecular complexity index is 929. The molecule has 0 atom stereocenters. The average Bonchev–Trinajstić information content (AvgIpc) is 3.08. The highest BCUT2D eigenvalue weighted by molar-refractivity contribution is 6.07. The molecule has 0 aliphatic heterocycles. The highest BCUT2D eigenvalue weighted by Gasteiger charge is 2.12. The van der Waals surface area contributed by atoms with Crippen LogP contribution in [0, 0.1) is 27.7 Å². The maximum Gasteiger partial charge on any atom is 0.186 e. The van der Waals surface area contributed by atoms with Crippen LogP contribution in [-0.2, 0) is 0 Å². The number of rotatable bonds is 4. The van der Waals surface area contributed by atoms with Crippen LogP contribution in [0.1, 0.15) is 38.6 Å². The predicted molar refractivity (Wildman–Crippen MR) is 94.6 cm³/mol. The zero-order valence-corrected chi connectivity index (χ0v) is 14.3. The summed E-state index contributed by atoms with van der Waals surface area (Å²) < 4.78 is 7.19. The molecule has 0 amide bonds. The fraction of sp³-hybridized carbons (Fsp3) is 0.200. The molecule has 122 valence electrons. The van der Waals surface area contributed by atoms with Gasteiger partial charge in [0.05, 0.1) is 0 Å². The molecule has 4 heteroatoms. The third-order valence-corrected chi connectivity index (χ3v) is 4.14. The van der Waals surface area contributed by atoms with Crippen molar-refractivity contribution in [1.82, 2.24) is 9.72 Å². The largest absolute Gasteiger partial charge is 0.360 e. The SMILES string of the molecule is Cc1cc(-n2c(C)cc(/C=C/C(=O)c3ccccc3C)c2C)no1. The van der Waals surface area contributed by atoms with Crippen molar-refractivity contribution in [2.24, 2.45) is 0 Å². The molecule has 0 aliphatic carbocycles. The van der Waals surface area contributed by atoms with Gasteiger partial charge in [-0.2, -0.15) is 0 Å². The minimum absolute atomic E-state index is 0.00943. The monoisotopic (exact) mass is 320 g/mol. The molecule has 0 aliphatic rings. The summed E-state index contributed by atoms with van der Waals surface area (Å²) in [7, 11) is 0. The number of hydrogen-bond acceptors (Lipinski definition) is 3. The Balaban J connectivity index is 1.91. The second kappa shape index (κ2) is 6.32. The number of benzene rings is 1. The first-order valence-corrected chi connectivity index (χ1v) is 7.88. The Hall–Kier alpha value is -2.88. The van der Waals surface area contributed by atoms with Gasteiger partial charge in [0.1, 0.15) is 5.76 Å². The van der Waals surface area contributed by atoms with Crippen molar-refractivity contribution < 1.29 is 9.32 Å². The molecule has 3 rings (SSSR count). The zero-order chi connectivity index (χ0) is 17.3. The van der Waals surface area contributed by atoms with Gasteiger partial charge in [-0.05, 0) is 57.0 Å². The fourth-order valence-electron chi connectivity index (χ4n) is 2.87. The van der Waals surface area contributed by atoms with Crippen molar-refractivity contribution >= 4 is 11.9 Å². The molecule has 2 aromatic heterocycles. The lowest BCUT2D eigenvalue weighted by Gasteiger charge is -2.04.